The highest BCUT2D eigenvalue weighted by Crippen LogP contribution is 2.17. The Balaban J connectivity index is 2.51. The maximum absolute atomic E-state index is 4.37. The van der Waals surface area contributed by atoms with Crippen molar-refractivity contribution >= 4 is 11.9 Å². The van der Waals surface area contributed by atoms with Gasteiger partial charge in [0, 0.05) is 6.21 Å². The third-order valence-corrected chi connectivity index (χ3v) is 1.70. The third kappa shape index (κ3) is 4.46. The van der Waals surface area contributed by atoms with E-state index in [2.05, 4.69) is 25.8 Å². The van der Waals surface area contributed by atoms with Gasteiger partial charge in [-0.05, 0) is 24.0 Å². The van der Waals surface area contributed by atoms with Gasteiger partial charge in [-0.25, -0.2) is 0 Å². The molecule has 0 amide bonds. The largest absolute Gasteiger partial charge is 0.261 e. The Kier molecular flexibility index (Phi) is 3.24. The molecule has 0 aliphatic carbocycles. The lowest BCUT2D eigenvalue weighted by Crippen LogP contribution is -2.04. The first kappa shape index (κ1) is 9.97. The van der Waals surface area contributed by atoms with Gasteiger partial charge in [-0.2, -0.15) is 0 Å². The van der Waals surface area contributed by atoms with Crippen LogP contribution in [0.25, 0.3) is 0 Å². The lowest BCUT2D eigenvalue weighted by atomic mass is 9.93. The van der Waals surface area contributed by atoms with Gasteiger partial charge in [0.2, 0.25) is 0 Å². The van der Waals surface area contributed by atoms with Crippen LogP contribution < -0.4 is 0 Å². The van der Waals surface area contributed by atoms with Gasteiger partial charge < -0.3 is 0 Å². The van der Waals surface area contributed by atoms with Gasteiger partial charge in [0.15, 0.2) is 0 Å². The van der Waals surface area contributed by atoms with Crippen LogP contribution in [0.1, 0.15) is 27.2 Å². The fourth-order valence-electron chi connectivity index (χ4n) is 0.939. The molecule has 0 saturated heterocycles. The van der Waals surface area contributed by atoms with Crippen LogP contribution in [0.3, 0.4) is 0 Å². The van der Waals surface area contributed by atoms with Crippen LogP contribution in [0.2, 0.25) is 0 Å². The minimum atomic E-state index is 0.332. The molecule has 0 saturated carbocycles. The highest BCUT2D eigenvalue weighted by Gasteiger charge is 2.06. The Labute approximate surface area is 80.5 Å². The van der Waals surface area contributed by atoms with Gasteiger partial charge in [-0.15, -0.1) is 0 Å². The predicted octanol–water partition coefficient (Wildman–Crippen LogP) is 3.83. The molecule has 0 atom stereocenters. The summed E-state index contributed by atoms with van der Waals surface area (Å²) in [5.41, 5.74) is 1.37. The zero-order valence-corrected chi connectivity index (χ0v) is 8.62. The van der Waals surface area contributed by atoms with Crippen molar-refractivity contribution < 1.29 is 0 Å². The van der Waals surface area contributed by atoms with Crippen molar-refractivity contribution in [2.75, 3.05) is 0 Å². The standard InChI is InChI=1S/C12H17N/c1-12(2,3)9-10-13-11-7-5-4-6-8-11/h4-8,10H,9H2,1-3H3. The number of nitrogens with zero attached hydrogens (tertiary/aromatic N) is 1. The summed E-state index contributed by atoms with van der Waals surface area (Å²) in [5.74, 6) is 0. The maximum Gasteiger partial charge on any atom is 0.0625 e. The topological polar surface area (TPSA) is 12.4 Å². The van der Waals surface area contributed by atoms with E-state index in [1.54, 1.807) is 0 Å². The Morgan fingerprint density at radius 2 is 1.77 bits per heavy atom. The molecule has 0 fully saturated rings. The first-order valence-electron chi connectivity index (χ1n) is 4.65. The number of hydrogen-bond acceptors (Lipinski definition) is 1. The van der Waals surface area contributed by atoms with Crippen molar-refractivity contribution in [3.8, 4) is 0 Å². The molecule has 0 radical (unpaired) electrons. The summed E-state index contributed by atoms with van der Waals surface area (Å²) in [6.07, 6.45) is 3.01. The lowest BCUT2D eigenvalue weighted by Gasteiger charge is -2.13. The molecule has 0 N–H and O–H groups in total. The van der Waals surface area contributed by atoms with E-state index in [1.807, 2.05) is 36.5 Å². The summed E-state index contributed by atoms with van der Waals surface area (Å²) in [7, 11) is 0. The molecular formula is C12H17N. The highest BCUT2D eigenvalue weighted by molar-refractivity contribution is 5.63. The molecule has 0 aromatic heterocycles. The average molecular weight is 175 g/mol. The van der Waals surface area contributed by atoms with Crippen LogP contribution in [0.5, 0.6) is 0 Å². The SMILES string of the molecule is CC(C)(C)CC=Nc1ccccc1. The summed E-state index contributed by atoms with van der Waals surface area (Å²) < 4.78 is 0. The van der Waals surface area contributed by atoms with Gasteiger partial charge in [-0.1, -0.05) is 39.0 Å². The van der Waals surface area contributed by atoms with E-state index in [-0.39, 0.29) is 0 Å². The zero-order valence-electron chi connectivity index (χ0n) is 8.62. The van der Waals surface area contributed by atoms with E-state index < -0.39 is 0 Å². The molecular weight excluding hydrogens is 158 g/mol. The fraction of sp³-hybridized carbons (Fsp3) is 0.417. The molecule has 1 nitrogen and oxygen atoms in total. The van der Waals surface area contributed by atoms with Crippen molar-refractivity contribution in [2.45, 2.75) is 27.2 Å². The van der Waals surface area contributed by atoms with Crippen LogP contribution in [0.4, 0.5) is 5.69 Å². The number of benzene rings is 1. The van der Waals surface area contributed by atoms with Crippen LogP contribution in [0, 0.1) is 5.41 Å². The van der Waals surface area contributed by atoms with E-state index in [0.717, 1.165) is 12.1 Å². The summed E-state index contributed by atoms with van der Waals surface area (Å²) in [6.45, 7) is 6.64. The zero-order chi connectivity index (χ0) is 9.73. The molecule has 13 heavy (non-hydrogen) atoms. The second kappa shape index (κ2) is 4.22. The van der Waals surface area contributed by atoms with Gasteiger partial charge in [0.25, 0.3) is 0 Å². The minimum absolute atomic E-state index is 0.332. The third-order valence-electron chi connectivity index (χ3n) is 1.70. The average Bonchev–Trinajstić information content (AvgIpc) is 2.04. The molecule has 1 aromatic rings. The van der Waals surface area contributed by atoms with Crippen molar-refractivity contribution in [2.24, 2.45) is 10.4 Å². The van der Waals surface area contributed by atoms with Gasteiger partial charge in [0.1, 0.15) is 0 Å². The molecule has 0 aliphatic heterocycles. The van der Waals surface area contributed by atoms with Crippen molar-refractivity contribution in [1.29, 1.82) is 0 Å². The second-order valence-electron chi connectivity index (χ2n) is 4.41. The molecule has 0 bridgehead atoms. The Morgan fingerprint density at radius 3 is 2.31 bits per heavy atom. The van der Waals surface area contributed by atoms with Crippen LogP contribution >= 0.6 is 0 Å². The molecule has 1 rings (SSSR count). The summed E-state index contributed by atoms with van der Waals surface area (Å²) >= 11 is 0. The minimum Gasteiger partial charge on any atom is -0.261 e. The van der Waals surface area contributed by atoms with Crippen LogP contribution in [-0.2, 0) is 0 Å². The Hall–Kier alpha value is -1.11. The molecule has 0 heterocycles. The van der Waals surface area contributed by atoms with E-state index in [0.29, 0.717) is 5.41 Å². The molecule has 0 aliphatic rings. The molecule has 70 valence electrons. The number of aliphatic imine (C=N–C) groups is 1. The predicted molar refractivity (Wildman–Crippen MR) is 58.7 cm³/mol. The molecule has 1 aromatic carbocycles. The van der Waals surface area contributed by atoms with Crippen LogP contribution in [0.15, 0.2) is 35.3 Å². The number of hydrogen-bond donors (Lipinski definition) is 0. The number of rotatable bonds is 2. The summed E-state index contributed by atoms with van der Waals surface area (Å²) in [6, 6.07) is 10.0. The van der Waals surface area contributed by atoms with Gasteiger partial charge in [0.05, 0.1) is 5.69 Å². The van der Waals surface area contributed by atoms with E-state index in [1.165, 1.54) is 0 Å². The Morgan fingerprint density at radius 1 is 1.15 bits per heavy atom. The maximum atomic E-state index is 4.37. The van der Waals surface area contributed by atoms with E-state index in [4.69, 9.17) is 0 Å². The van der Waals surface area contributed by atoms with Crippen LogP contribution in [-0.4, -0.2) is 6.21 Å². The molecule has 0 unspecified atom stereocenters. The van der Waals surface area contributed by atoms with E-state index >= 15 is 0 Å². The molecule has 0 spiro atoms. The smallest absolute Gasteiger partial charge is 0.0625 e. The quantitative estimate of drug-likeness (QED) is 0.606. The normalized spacial score (nSPS) is 12.2. The Bertz CT molecular complexity index is 267. The first-order valence-corrected chi connectivity index (χ1v) is 4.65. The monoisotopic (exact) mass is 175 g/mol. The molecule has 1 heteroatoms. The highest BCUT2D eigenvalue weighted by atomic mass is 14.7. The first-order chi connectivity index (χ1) is 6.08. The van der Waals surface area contributed by atoms with E-state index in [9.17, 15) is 0 Å². The second-order valence-corrected chi connectivity index (χ2v) is 4.41. The van der Waals surface area contributed by atoms with Crippen molar-refractivity contribution in [1.82, 2.24) is 0 Å². The summed E-state index contributed by atoms with van der Waals surface area (Å²) in [5, 5.41) is 0. The van der Waals surface area contributed by atoms with Crippen molar-refractivity contribution in [3.05, 3.63) is 30.3 Å². The van der Waals surface area contributed by atoms with Crippen molar-refractivity contribution in [3.63, 3.8) is 0 Å². The fourth-order valence-corrected chi connectivity index (χ4v) is 0.939. The summed E-state index contributed by atoms with van der Waals surface area (Å²) in [4.78, 5) is 4.37. The number of para-hydroxylation sites is 1. The lowest BCUT2D eigenvalue weighted by molar-refractivity contribution is 0.437. The van der Waals surface area contributed by atoms with Gasteiger partial charge in [-0.3, -0.25) is 4.99 Å². The van der Waals surface area contributed by atoms with Gasteiger partial charge >= 0.3 is 0 Å².